The summed E-state index contributed by atoms with van der Waals surface area (Å²) in [5.41, 5.74) is 2.85. The van der Waals surface area contributed by atoms with Crippen molar-refractivity contribution < 1.29 is 14.1 Å². The van der Waals surface area contributed by atoms with E-state index in [1.165, 1.54) is 24.3 Å². The third kappa shape index (κ3) is 4.79. The number of nitro groups is 1. The standard InChI is InChI=1S/C22H19FN2O3/c1-15-5-7-16(8-6-15)22(26)14-21(17-3-2-4-18(23)13-17)24-19-9-11-20(12-10-19)25(27)28/h2-13,21,24H,14H2,1H3/t21-/m0/s1. The summed E-state index contributed by atoms with van der Waals surface area (Å²) in [4.78, 5) is 23.1. The Kier molecular flexibility index (Phi) is 5.79. The van der Waals surface area contributed by atoms with Gasteiger partial charge in [-0.25, -0.2) is 4.39 Å². The number of anilines is 1. The molecule has 3 rings (SSSR count). The Morgan fingerprint density at radius 2 is 1.75 bits per heavy atom. The molecule has 0 saturated heterocycles. The van der Waals surface area contributed by atoms with Crippen molar-refractivity contribution in [1.29, 1.82) is 0 Å². The maximum absolute atomic E-state index is 13.7. The molecule has 1 atom stereocenters. The third-order valence-corrected chi connectivity index (χ3v) is 4.43. The Labute approximate surface area is 162 Å². The summed E-state index contributed by atoms with van der Waals surface area (Å²) in [7, 11) is 0. The van der Waals surface area contributed by atoms with Crippen molar-refractivity contribution in [2.45, 2.75) is 19.4 Å². The maximum atomic E-state index is 13.7. The lowest BCUT2D eigenvalue weighted by Crippen LogP contribution is -2.16. The highest BCUT2D eigenvalue weighted by Gasteiger charge is 2.18. The smallest absolute Gasteiger partial charge is 0.269 e. The minimum absolute atomic E-state index is 0.0245. The normalized spacial score (nSPS) is 11.6. The number of Topliss-reactive ketones (excluding diaryl/α,β-unsaturated/α-hetero) is 1. The van der Waals surface area contributed by atoms with Crippen LogP contribution in [0, 0.1) is 22.9 Å². The average Bonchev–Trinajstić information content (AvgIpc) is 2.68. The third-order valence-electron chi connectivity index (χ3n) is 4.43. The number of nitrogens with one attached hydrogen (secondary N) is 1. The average molecular weight is 378 g/mol. The zero-order valence-corrected chi connectivity index (χ0v) is 15.3. The highest BCUT2D eigenvalue weighted by molar-refractivity contribution is 5.96. The lowest BCUT2D eigenvalue weighted by Gasteiger charge is -2.20. The van der Waals surface area contributed by atoms with Gasteiger partial charge in [-0.05, 0) is 36.8 Å². The van der Waals surface area contributed by atoms with E-state index in [-0.39, 0.29) is 17.9 Å². The minimum Gasteiger partial charge on any atom is -0.378 e. The molecule has 0 saturated carbocycles. The summed E-state index contributed by atoms with van der Waals surface area (Å²) in [5, 5.41) is 14.0. The summed E-state index contributed by atoms with van der Waals surface area (Å²) >= 11 is 0. The Balaban J connectivity index is 1.85. The van der Waals surface area contributed by atoms with E-state index in [4.69, 9.17) is 0 Å². The fraction of sp³-hybridized carbons (Fsp3) is 0.136. The number of hydrogen-bond acceptors (Lipinski definition) is 4. The van der Waals surface area contributed by atoms with Crippen LogP contribution >= 0.6 is 0 Å². The van der Waals surface area contributed by atoms with Crippen LogP contribution in [0.15, 0.2) is 72.8 Å². The largest absolute Gasteiger partial charge is 0.378 e. The minimum atomic E-state index is -0.481. The Bertz CT molecular complexity index is 985. The van der Waals surface area contributed by atoms with Gasteiger partial charge >= 0.3 is 0 Å². The lowest BCUT2D eigenvalue weighted by molar-refractivity contribution is -0.384. The topological polar surface area (TPSA) is 72.2 Å². The molecule has 0 aromatic heterocycles. The van der Waals surface area contributed by atoms with Crippen LogP contribution in [0.4, 0.5) is 15.8 Å². The monoisotopic (exact) mass is 378 g/mol. The predicted molar refractivity (Wildman–Crippen MR) is 106 cm³/mol. The molecule has 0 aliphatic heterocycles. The van der Waals surface area contributed by atoms with Crippen LogP contribution in [0.5, 0.6) is 0 Å². The Morgan fingerprint density at radius 3 is 2.36 bits per heavy atom. The van der Waals surface area contributed by atoms with Crippen molar-refractivity contribution in [2.24, 2.45) is 0 Å². The van der Waals surface area contributed by atoms with Crippen molar-refractivity contribution in [3.63, 3.8) is 0 Å². The van der Waals surface area contributed by atoms with Gasteiger partial charge in [-0.1, -0.05) is 42.0 Å². The Hall–Kier alpha value is -3.54. The van der Waals surface area contributed by atoms with Gasteiger partial charge in [-0.15, -0.1) is 0 Å². The highest BCUT2D eigenvalue weighted by atomic mass is 19.1. The molecular weight excluding hydrogens is 359 g/mol. The van der Waals surface area contributed by atoms with Gasteiger partial charge in [-0.2, -0.15) is 0 Å². The first kappa shape index (κ1) is 19.2. The number of benzene rings is 3. The van der Waals surface area contributed by atoms with E-state index < -0.39 is 16.8 Å². The van der Waals surface area contributed by atoms with Gasteiger partial charge in [0.1, 0.15) is 5.82 Å². The first-order valence-corrected chi connectivity index (χ1v) is 8.79. The molecule has 0 unspecified atom stereocenters. The van der Waals surface area contributed by atoms with E-state index in [0.29, 0.717) is 16.8 Å². The summed E-state index contributed by atoms with van der Waals surface area (Å²) < 4.78 is 13.7. The number of rotatable bonds is 7. The molecule has 0 fully saturated rings. The molecule has 0 bridgehead atoms. The molecule has 0 aliphatic carbocycles. The summed E-state index contributed by atoms with van der Waals surface area (Å²) in [6.45, 7) is 1.94. The number of halogens is 1. The van der Waals surface area contributed by atoms with Crippen molar-refractivity contribution in [3.05, 3.63) is 105 Å². The second-order valence-corrected chi connectivity index (χ2v) is 6.55. The van der Waals surface area contributed by atoms with Crippen LogP contribution in [0.2, 0.25) is 0 Å². The van der Waals surface area contributed by atoms with Gasteiger partial charge in [0.2, 0.25) is 0 Å². The van der Waals surface area contributed by atoms with Crippen LogP contribution in [0.1, 0.15) is 33.9 Å². The molecule has 0 amide bonds. The van der Waals surface area contributed by atoms with Gasteiger partial charge in [-0.3, -0.25) is 14.9 Å². The van der Waals surface area contributed by atoms with Gasteiger partial charge in [0.25, 0.3) is 5.69 Å². The van der Waals surface area contributed by atoms with Crippen molar-refractivity contribution in [1.82, 2.24) is 0 Å². The SMILES string of the molecule is Cc1ccc(C(=O)C[C@H](Nc2ccc([N+](=O)[O-])cc2)c2cccc(F)c2)cc1. The zero-order valence-electron chi connectivity index (χ0n) is 15.3. The number of ketones is 1. The molecule has 0 radical (unpaired) electrons. The highest BCUT2D eigenvalue weighted by Crippen LogP contribution is 2.26. The number of carbonyl (C=O) groups is 1. The first-order valence-electron chi connectivity index (χ1n) is 8.79. The van der Waals surface area contributed by atoms with Gasteiger partial charge in [0.05, 0.1) is 11.0 Å². The quantitative estimate of drug-likeness (QED) is 0.336. The molecular formula is C22H19FN2O3. The van der Waals surface area contributed by atoms with E-state index in [2.05, 4.69) is 5.32 Å². The van der Waals surface area contributed by atoms with Crippen LogP contribution < -0.4 is 5.32 Å². The van der Waals surface area contributed by atoms with Gasteiger partial charge in [0.15, 0.2) is 5.78 Å². The van der Waals surface area contributed by atoms with Gasteiger partial charge in [0, 0.05) is 29.8 Å². The fourth-order valence-corrected chi connectivity index (χ4v) is 2.90. The summed E-state index contributed by atoms with van der Waals surface area (Å²) in [6.07, 6.45) is 0.115. The fourth-order valence-electron chi connectivity index (χ4n) is 2.90. The molecule has 0 heterocycles. The predicted octanol–water partition coefficient (Wildman–Crippen LogP) is 5.47. The molecule has 5 nitrogen and oxygen atoms in total. The van der Waals surface area contributed by atoms with Crippen molar-refractivity contribution in [3.8, 4) is 0 Å². The molecule has 0 spiro atoms. The van der Waals surface area contributed by atoms with Gasteiger partial charge < -0.3 is 5.32 Å². The number of hydrogen-bond donors (Lipinski definition) is 1. The molecule has 28 heavy (non-hydrogen) atoms. The second-order valence-electron chi connectivity index (χ2n) is 6.55. The number of aryl methyl sites for hydroxylation is 1. The number of nitrogens with zero attached hydrogens (tertiary/aromatic N) is 1. The molecule has 6 heteroatoms. The van der Waals surface area contributed by atoms with Crippen LogP contribution in [0.25, 0.3) is 0 Å². The van der Waals surface area contributed by atoms with Crippen molar-refractivity contribution >= 4 is 17.2 Å². The van der Waals surface area contributed by atoms with E-state index in [0.717, 1.165) is 5.56 Å². The second kappa shape index (κ2) is 8.43. The van der Waals surface area contributed by atoms with Crippen molar-refractivity contribution in [2.75, 3.05) is 5.32 Å². The number of non-ortho nitro benzene ring substituents is 1. The molecule has 0 aliphatic rings. The molecule has 142 valence electrons. The number of carbonyl (C=O) groups excluding carboxylic acids is 1. The molecule has 3 aromatic rings. The first-order chi connectivity index (χ1) is 13.4. The maximum Gasteiger partial charge on any atom is 0.269 e. The van der Waals surface area contributed by atoms with E-state index in [1.54, 1.807) is 36.4 Å². The van der Waals surface area contributed by atoms with E-state index in [9.17, 15) is 19.3 Å². The summed E-state index contributed by atoms with van der Waals surface area (Å²) in [6, 6.07) is 18.8. The molecule has 3 aromatic carbocycles. The molecule has 1 N–H and O–H groups in total. The zero-order chi connectivity index (χ0) is 20.1. The lowest BCUT2D eigenvalue weighted by atomic mass is 9.97. The Morgan fingerprint density at radius 1 is 1.07 bits per heavy atom. The van der Waals surface area contributed by atoms with E-state index in [1.807, 2.05) is 19.1 Å². The van der Waals surface area contributed by atoms with E-state index >= 15 is 0 Å². The van der Waals surface area contributed by atoms with Crippen LogP contribution in [-0.2, 0) is 0 Å². The van der Waals surface area contributed by atoms with Crippen LogP contribution in [0.3, 0.4) is 0 Å². The van der Waals surface area contributed by atoms with Crippen LogP contribution in [-0.4, -0.2) is 10.7 Å². The number of nitro benzene ring substituents is 1. The summed E-state index contributed by atoms with van der Waals surface area (Å²) in [5.74, 6) is -0.473.